The van der Waals surface area contributed by atoms with Gasteiger partial charge in [-0.15, -0.1) is 9.46 Å². The van der Waals surface area contributed by atoms with Gasteiger partial charge in [0, 0.05) is 89.2 Å². The molecule has 3 amide bonds. The molecule has 0 atom stereocenters. The minimum absolute atomic E-state index is 0.00561. The molecule has 2 rings (SSSR count). The minimum atomic E-state index is -0.528. The number of ether oxygens (including phenoxy) is 2. The number of unbranched alkanes of at least 4 members (excludes halogenated alkanes) is 17. The van der Waals surface area contributed by atoms with Gasteiger partial charge in [-0.05, 0) is 70.9 Å². The number of amides is 3. The highest BCUT2D eigenvalue weighted by Crippen LogP contribution is 2.20. The summed E-state index contributed by atoms with van der Waals surface area (Å²) in [6, 6.07) is 4.97. The Morgan fingerprint density at radius 1 is 0.353 bits per heavy atom. The van der Waals surface area contributed by atoms with Gasteiger partial charge >= 0.3 is 11.9 Å². The third-order valence-electron chi connectivity index (χ3n) is 11.1. The molecular weight excluding hydrogens is 881 g/mol. The van der Waals surface area contributed by atoms with Crippen LogP contribution >= 0.6 is 0 Å². The fourth-order valence-electron chi connectivity index (χ4n) is 7.15. The fourth-order valence-corrected chi connectivity index (χ4v) is 7.15. The lowest BCUT2D eigenvalue weighted by molar-refractivity contribution is -0.146. The van der Waals surface area contributed by atoms with Gasteiger partial charge in [0.25, 0.3) is 0 Å². The molecule has 2 heterocycles. The Hall–Kier alpha value is -5.01. The Bertz CT molecular complexity index is 1610. The zero-order chi connectivity index (χ0) is 49.3. The van der Waals surface area contributed by atoms with Crippen LogP contribution in [0.3, 0.4) is 0 Å². The van der Waals surface area contributed by atoms with Crippen LogP contribution < -0.4 is 30.9 Å². The van der Waals surface area contributed by atoms with Crippen LogP contribution in [0.4, 0.5) is 0 Å². The highest BCUT2D eigenvalue weighted by atomic mass is 16.7. The van der Waals surface area contributed by atoms with Crippen molar-refractivity contribution < 1.29 is 63.5 Å². The molecule has 0 unspecified atom stereocenters. The third kappa shape index (κ3) is 31.9. The lowest BCUT2D eigenvalue weighted by Gasteiger charge is -2.08. The van der Waals surface area contributed by atoms with E-state index in [1.54, 1.807) is 0 Å². The number of hydrogen-bond donors (Lipinski definition) is 8. The van der Waals surface area contributed by atoms with Crippen LogP contribution in [0.25, 0.3) is 0 Å². The van der Waals surface area contributed by atoms with E-state index in [9.17, 15) is 44.4 Å². The van der Waals surface area contributed by atoms with E-state index in [0.717, 1.165) is 122 Å². The van der Waals surface area contributed by atoms with E-state index in [2.05, 4.69) is 21.3 Å². The molecule has 0 aliphatic rings. The molecule has 2 aromatic heterocycles. The van der Waals surface area contributed by atoms with Crippen molar-refractivity contribution in [3.8, 4) is 23.5 Å². The predicted molar refractivity (Wildman–Crippen MR) is 257 cm³/mol. The first kappa shape index (κ1) is 59.1. The molecule has 388 valence electrons. The van der Waals surface area contributed by atoms with Crippen molar-refractivity contribution in [2.45, 2.75) is 173 Å². The van der Waals surface area contributed by atoms with E-state index < -0.39 is 11.9 Å². The van der Waals surface area contributed by atoms with E-state index in [4.69, 9.17) is 19.1 Å². The van der Waals surface area contributed by atoms with E-state index in [1.807, 2.05) is 0 Å². The van der Waals surface area contributed by atoms with E-state index >= 15 is 0 Å². The number of carbonyl (C=O) groups excluding carboxylic acids is 5. The van der Waals surface area contributed by atoms with Gasteiger partial charge in [-0.3, -0.25) is 14.4 Å². The topological polar surface area (TPSA) is 261 Å². The molecule has 0 fully saturated rings. The van der Waals surface area contributed by atoms with Crippen LogP contribution in [-0.2, 0) is 33.4 Å². The Balaban J connectivity index is 1.20. The van der Waals surface area contributed by atoms with Crippen molar-refractivity contribution in [3.05, 3.63) is 24.3 Å². The first-order valence-electron chi connectivity index (χ1n) is 25.3. The lowest BCUT2D eigenvalue weighted by Crippen LogP contribution is -2.25. The van der Waals surface area contributed by atoms with Gasteiger partial charge in [0.2, 0.25) is 41.2 Å². The summed E-state index contributed by atoms with van der Waals surface area (Å²) in [6.07, 6.45) is 22.9. The van der Waals surface area contributed by atoms with Crippen LogP contribution in [0.5, 0.6) is 23.5 Å². The number of aromatic hydroxyl groups is 4. The monoisotopic (exact) mass is 965 g/mol. The number of nitrogens with one attached hydrogen (secondary N) is 4. The number of rotatable bonds is 45. The lowest BCUT2D eigenvalue weighted by atomic mass is 10.1. The maximum absolute atomic E-state index is 12.1. The fraction of sp³-hybridized carbons (Fsp3) is 0.735. The van der Waals surface area contributed by atoms with Gasteiger partial charge < -0.3 is 60.8 Å². The zero-order valence-electron chi connectivity index (χ0n) is 40.6. The van der Waals surface area contributed by atoms with Crippen molar-refractivity contribution in [3.63, 3.8) is 0 Å². The summed E-state index contributed by atoms with van der Waals surface area (Å²) < 4.78 is 12.5. The molecule has 2 aromatic rings. The Kier molecular flexibility index (Phi) is 34.7. The molecule has 0 aliphatic carbocycles. The second-order valence-corrected chi connectivity index (χ2v) is 17.2. The SMILES string of the molecule is O=C(CCCCCCCNC(=O)CCOCCCOCCC(=O)NCCCCCCCCNCCCCCCCC(=O)On1c(O)ccc1O)NCCCCCCCC(=O)On1c(O)ccc1O. The number of nitrogens with zero attached hydrogens (tertiary/aromatic N) is 2. The Morgan fingerprint density at radius 3 is 1.01 bits per heavy atom. The first-order valence-corrected chi connectivity index (χ1v) is 25.3. The highest BCUT2D eigenvalue weighted by Gasteiger charge is 2.13. The second-order valence-electron chi connectivity index (χ2n) is 17.2. The van der Waals surface area contributed by atoms with Crippen LogP contribution in [0.1, 0.15) is 173 Å². The van der Waals surface area contributed by atoms with E-state index in [0.29, 0.717) is 94.0 Å². The van der Waals surface area contributed by atoms with Crippen LogP contribution in [0.2, 0.25) is 0 Å². The van der Waals surface area contributed by atoms with Gasteiger partial charge in [-0.25, -0.2) is 9.59 Å². The van der Waals surface area contributed by atoms with Gasteiger partial charge in [0.05, 0.1) is 13.2 Å². The van der Waals surface area contributed by atoms with Crippen molar-refractivity contribution in [2.24, 2.45) is 0 Å². The summed E-state index contributed by atoms with van der Waals surface area (Å²) in [5, 5.41) is 50.4. The van der Waals surface area contributed by atoms with Crippen molar-refractivity contribution in [1.82, 2.24) is 30.7 Å². The van der Waals surface area contributed by atoms with Crippen LogP contribution in [0, 0.1) is 0 Å². The number of aromatic nitrogens is 2. The number of hydrogen-bond acceptors (Lipinski definition) is 14. The Morgan fingerprint density at radius 2 is 0.647 bits per heavy atom. The molecule has 0 aliphatic heterocycles. The average Bonchev–Trinajstić information content (AvgIpc) is 3.81. The van der Waals surface area contributed by atoms with E-state index in [-0.39, 0.29) is 54.1 Å². The molecule has 0 spiro atoms. The second kappa shape index (κ2) is 39.9. The largest absolute Gasteiger partial charge is 0.492 e. The molecular formula is C49H84N6O13. The summed E-state index contributed by atoms with van der Waals surface area (Å²) in [6.45, 7) is 5.69. The Labute approximate surface area is 403 Å². The van der Waals surface area contributed by atoms with Crippen molar-refractivity contribution >= 4 is 29.7 Å². The smallest absolute Gasteiger partial charge is 0.333 e. The maximum Gasteiger partial charge on any atom is 0.333 e. The van der Waals surface area contributed by atoms with Crippen molar-refractivity contribution in [1.29, 1.82) is 0 Å². The summed E-state index contributed by atoms with van der Waals surface area (Å²) in [7, 11) is 0. The average molecular weight is 965 g/mol. The molecule has 0 saturated carbocycles. The quantitative estimate of drug-likeness (QED) is 0.0343. The van der Waals surface area contributed by atoms with Gasteiger partial charge in [-0.2, -0.15) is 0 Å². The molecule has 0 bridgehead atoms. The molecule has 19 heteroatoms. The summed E-state index contributed by atoms with van der Waals surface area (Å²) in [4.78, 5) is 69.8. The van der Waals surface area contributed by atoms with Gasteiger partial charge in [-0.1, -0.05) is 83.5 Å². The summed E-state index contributed by atoms with van der Waals surface area (Å²) in [5.41, 5.74) is 0. The first-order chi connectivity index (χ1) is 33.1. The van der Waals surface area contributed by atoms with Gasteiger partial charge in [0.15, 0.2) is 0 Å². The van der Waals surface area contributed by atoms with Gasteiger partial charge in [0.1, 0.15) is 0 Å². The molecule has 0 aromatic carbocycles. The van der Waals surface area contributed by atoms with Crippen molar-refractivity contribution in [2.75, 3.05) is 59.2 Å². The third-order valence-corrected chi connectivity index (χ3v) is 11.1. The van der Waals surface area contributed by atoms with Crippen LogP contribution in [0.15, 0.2) is 24.3 Å². The van der Waals surface area contributed by atoms with E-state index in [1.165, 1.54) is 37.1 Å². The molecule has 19 nitrogen and oxygen atoms in total. The molecule has 0 saturated heterocycles. The molecule has 0 radical (unpaired) electrons. The minimum Gasteiger partial charge on any atom is -0.492 e. The standard InChI is InChI=1S/C49H84N6O13/c56-41(51-34-20-13-5-8-16-25-49(64)68-55-46(61)28-29-47(55)62)23-14-6-3-12-21-36-53-43(58)31-40-66-38-22-37-65-39-30-42(57)52-35-19-11-2-1-9-17-32-50-33-18-10-4-7-15-24-48(63)67-54-44(59)26-27-45(54)60/h26-29,50,59-62H,1-25,30-40H2,(H,51,56)(H,52,57)(H,53,58). The molecule has 8 N–H and O–H groups in total. The maximum atomic E-state index is 12.1. The normalized spacial score (nSPS) is 11.1. The predicted octanol–water partition coefficient (Wildman–Crippen LogP) is 6.23. The summed E-state index contributed by atoms with van der Waals surface area (Å²) >= 11 is 0. The molecule has 68 heavy (non-hydrogen) atoms. The zero-order valence-corrected chi connectivity index (χ0v) is 40.6. The number of carbonyl (C=O) groups is 5. The highest BCUT2D eigenvalue weighted by molar-refractivity contribution is 5.76. The summed E-state index contributed by atoms with van der Waals surface area (Å²) in [5.74, 6) is -2.29. The van der Waals surface area contributed by atoms with Crippen LogP contribution in [-0.4, -0.2) is 119 Å².